The minimum atomic E-state index is 0.130. The minimum absolute atomic E-state index is 0.130. The summed E-state index contributed by atoms with van der Waals surface area (Å²) in [4.78, 5) is 0. The third kappa shape index (κ3) is 4.00. The van der Waals surface area contributed by atoms with Crippen molar-refractivity contribution in [1.82, 2.24) is 5.48 Å². The molecular formula is C6H13NO2. The molecule has 3 N–H and O–H groups in total. The van der Waals surface area contributed by atoms with Gasteiger partial charge in [-0.15, -0.1) is 0 Å². The van der Waals surface area contributed by atoms with E-state index >= 15 is 0 Å². The van der Waals surface area contributed by atoms with Gasteiger partial charge >= 0.3 is 0 Å². The fourth-order valence-electron chi connectivity index (χ4n) is 0.508. The van der Waals surface area contributed by atoms with E-state index in [1.54, 1.807) is 6.08 Å². The first kappa shape index (κ1) is 8.46. The molecule has 0 aliphatic heterocycles. The molecule has 3 heteroatoms. The lowest BCUT2D eigenvalue weighted by molar-refractivity contribution is 0.196. The van der Waals surface area contributed by atoms with Crippen LogP contribution in [0.5, 0.6) is 0 Å². The summed E-state index contributed by atoms with van der Waals surface area (Å²) < 4.78 is 0. The summed E-state index contributed by atoms with van der Waals surface area (Å²) >= 11 is 0. The predicted octanol–water partition coefficient (Wildman–Crippen LogP) is 0.641. The SMILES string of the molecule is CC/C(=C\CCO)NO. The highest BCUT2D eigenvalue weighted by Gasteiger charge is 1.86. The van der Waals surface area contributed by atoms with Gasteiger partial charge in [0.05, 0.1) is 0 Å². The summed E-state index contributed by atoms with van der Waals surface area (Å²) in [6, 6.07) is 0. The van der Waals surface area contributed by atoms with Crippen molar-refractivity contribution < 1.29 is 10.3 Å². The van der Waals surface area contributed by atoms with Crippen LogP contribution >= 0.6 is 0 Å². The third-order valence-electron chi connectivity index (χ3n) is 1.04. The molecule has 0 aromatic heterocycles. The maximum atomic E-state index is 8.35. The fraction of sp³-hybridized carbons (Fsp3) is 0.667. The van der Waals surface area contributed by atoms with E-state index in [2.05, 4.69) is 0 Å². The van der Waals surface area contributed by atoms with Crippen LogP contribution in [0.15, 0.2) is 11.8 Å². The van der Waals surface area contributed by atoms with Crippen LogP contribution in [-0.2, 0) is 0 Å². The maximum absolute atomic E-state index is 8.35. The van der Waals surface area contributed by atoms with Gasteiger partial charge in [0.25, 0.3) is 0 Å². The van der Waals surface area contributed by atoms with Crippen molar-refractivity contribution in [3.63, 3.8) is 0 Å². The summed E-state index contributed by atoms with van der Waals surface area (Å²) in [7, 11) is 0. The van der Waals surface area contributed by atoms with Crippen molar-refractivity contribution >= 4 is 0 Å². The Hall–Kier alpha value is -0.540. The summed E-state index contributed by atoms with van der Waals surface area (Å²) in [5, 5.41) is 16.7. The predicted molar refractivity (Wildman–Crippen MR) is 35.0 cm³/mol. The normalized spacial score (nSPS) is 11.7. The van der Waals surface area contributed by atoms with Gasteiger partial charge in [-0.2, -0.15) is 0 Å². The number of allylic oxidation sites excluding steroid dienone is 1. The quantitative estimate of drug-likeness (QED) is 0.491. The van der Waals surface area contributed by atoms with Gasteiger partial charge in [-0.1, -0.05) is 13.0 Å². The molecule has 0 fully saturated rings. The molecule has 9 heavy (non-hydrogen) atoms. The van der Waals surface area contributed by atoms with Gasteiger partial charge < -0.3 is 5.11 Å². The van der Waals surface area contributed by atoms with Crippen LogP contribution < -0.4 is 5.48 Å². The largest absolute Gasteiger partial charge is 0.396 e. The molecule has 0 unspecified atom stereocenters. The van der Waals surface area contributed by atoms with E-state index in [9.17, 15) is 0 Å². The van der Waals surface area contributed by atoms with E-state index in [-0.39, 0.29) is 6.61 Å². The lowest BCUT2D eigenvalue weighted by Gasteiger charge is -1.99. The van der Waals surface area contributed by atoms with Crippen LogP contribution in [0.3, 0.4) is 0 Å². The Balaban J connectivity index is 3.48. The van der Waals surface area contributed by atoms with Crippen molar-refractivity contribution in [1.29, 1.82) is 0 Å². The number of hydroxylamine groups is 1. The molecule has 0 rings (SSSR count). The third-order valence-corrected chi connectivity index (χ3v) is 1.04. The summed E-state index contributed by atoms with van der Waals surface area (Å²) in [6.45, 7) is 2.05. The van der Waals surface area contributed by atoms with Gasteiger partial charge in [-0.25, -0.2) is 0 Å². The molecule has 0 heterocycles. The van der Waals surface area contributed by atoms with Crippen LogP contribution in [0.2, 0.25) is 0 Å². The lowest BCUT2D eigenvalue weighted by Crippen LogP contribution is -2.05. The van der Waals surface area contributed by atoms with Gasteiger partial charge in [-0.05, 0) is 12.8 Å². The molecule has 0 amide bonds. The molecule has 0 spiro atoms. The zero-order valence-corrected chi connectivity index (χ0v) is 5.59. The van der Waals surface area contributed by atoms with E-state index < -0.39 is 0 Å². The molecular weight excluding hydrogens is 118 g/mol. The number of hydrogen-bond acceptors (Lipinski definition) is 3. The Morgan fingerprint density at radius 1 is 1.67 bits per heavy atom. The van der Waals surface area contributed by atoms with Crippen LogP contribution in [0, 0.1) is 0 Å². The molecule has 0 aromatic carbocycles. The molecule has 0 atom stereocenters. The zero-order valence-electron chi connectivity index (χ0n) is 5.59. The van der Waals surface area contributed by atoms with Gasteiger partial charge in [-0.3, -0.25) is 10.7 Å². The van der Waals surface area contributed by atoms with E-state index in [0.717, 1.165) is 12.1 Å². The van der Waals surface area contributed by atoms with Gasteiger partial charge in [0.15, 0.2) is 0 Å². The summed E-state index contributed by atoms with van der Waals surface area (Å²) in [6.07, 6.45) is 3.12. The van der Waals surface area contributed by atoms with Crippen molar-refractivity contribution in [2.24, 2.45) is 0 Å². The van der Waals surface area contributed by atoms with E-state index in [0.29, 0.717) is 6.42 Å². The monoisotopic (exact) mass is 131 g/mol. The van der Waals surface area contributed by atoms with E-state index in [1.165, 1.54) is 0 Å². The second-order valence-electron chi connectivity index (χ2n) is 1.71. The molecule has 0 aliphatic carbocycles. The second kappa shape index (κ2) is 5.59. The minimum Gasteiger partial charge on any atom is -0.396 e. The molecule has 0 bridgehead atoms. The first-order valence-corrected chi connectivity index (χ1v) is 3.05. The fourth-order valence-corrected chi connectivity index (χ4v) is 0.508. The van der Waals surface area contributed by atoms with E-state index in [1.807, 2.05) is 12.4 Å². The van der Waals surface area contributed by atoms with Crippen molar-refractivity contribution in [3.8, 4) is 0 Å². The average Bonchev–Trinajstić information content (AvgIpc) is 1.91. The molecule has 0 aliphatic rings. The Bertz CT molecular complexity index is 85.1. The molecule has 0 saturated carbocycles. The smallest absolute Gasteiger partial charge is 0.0466 e. The topological polar surface area (TPSA) is 52.5 Å². The van der Waals surface area contributed by atoms with Crippen LogP contribution in [-0.4, -0.2) is 16.9 Å². The summed E-state index contributed by atoms with van der Waals surface area (Å²) in [5.41, 5.74) is 2.79. The number of hydrogen-bond donors (Lipinski definition) is 3. The molecule has 0 saturated heterocycles. The Morgan fingerprint density at radius 2 is 2.33 bits per heavy atom. The van der Waals surface area contributed by atoms with Gasteiger partial charge in [0.1, 0.15) is 0 Å². The zero-order chi connectivity index (χ0) is 7.11. The highest BCUT2D eigenvalue weighted by atomic mass is 16.5. The highest BCUT2D eigenvalue weighted by molar-refractivity contribution is 4.95. The van der Waals surface area contributed by atoms with Crippen molar-refractivity contribution in [2.75, 3.05) is 6.61 Å². The van der Waals surface area contributed by atoms with Crippen LogP contribution in [0.4, 0.5) is 0 Å². The Labute approximate surface area is 55.0 Å². The maximum Gasteiger partial charge on any atom is 0.0466 e. The summed E-state index contributed by atoms with van der Waals surface area (Å²) in [5.74, 6) is 0. The van der Waals surface area contributed by atoms with Gasteiger partial charge in [0.2, 0.25) is 0 Å². The van der Waals surface area contributed by atoms with Gasteiger partial charge in [0, 0.05) is 12.3 Å². The molecule has 0 radical (unpaired) electrons. The van der Waals surface area contributed by atoms with E-state index in [4.69, 9.17) is 10.3 Å². The van der Waals surface area contributed by atoms with Crippen LogP contribution in [0.1, 0.15) is 19.8 Å². The Kier molecular flexibility index (Phi) is 5.26. The van der Waals surface area contributed by atoms with Crippen LogP contribution in [0.25, 0.3) is 0 Å². The molecule has 0 aromatic rings. The first-order chi connectivity index (χ1) is 4.35. The standard InChI is InChI=1S/C6H13NO2/c1-2-6(7-9)4-3-5-8/h4,7-9H,2-3,5H2,1H3/b6-4+. The molecule has 3 nitrogen and oxygen atoms in total. The Morgan fingerprint density at radius 3 is 2.67 bits per heavy atom. The lowest BCUT2D eigenvalue weighted by atomic mass is 10.3. The number of nitrogens with one attached hydrogen (secondary N) is 1. The molecule has 54 valence electrons. The first-order valence-electron chi connectivity index (χ1n) is 3.05. The number of rotatable bonds is 4. The highest BCUT2D eigenvalue weighted by Crippen LogP contribution is 1.94. The van der Waals surface area contributed by atoms with Crippen molar-refractivity contribution in [3.05, 3.63) is 11.8 Å². The average molecular weight is 131 g/mol. The number of aliphatic hydroxyl groups excluding tert-OH is 1. The second-order valence-corrected chi connectivity index (χ2v) is 1.71. The number of aliphatic hydroxyl groups is 1. The van der Waals surface area contributed by atoms with Crippen molar-refractivity contribution in [2.45, 2.75) is 19.8 Å².